The van der Waals surface area contributed by atoms with Crippen LogP contribution in [0.5, 0.6) is 0 Å². The molecule has 1 N–H and O–H groups in total. The molecule has 5 heteroatoms. The van der Waals surface area contributed by atoms with Crippen LogP contribution in [0.25, 0.3) is 0 Å². The lowest BCUT2D eigenvalue weighted by atomic mass is 9.93. The van der Waals surface area contributed by atoms with Crippen molar-refractivity contribution in [1.82, 2.24) is 9.97 Å². The molecule has 0 amide bonds. The number of aromatic nitrogens is 2. The van der Waals surface area contributed by atoms with Crippen molar-refractivity contribution in [3.05, 3.63) is 53.6 Å². The molecule has 1 aromatic carbocycles. The van der Waals surface area contributed by atoms with Crippen LogP contribution in [0.3, 0.4) is 0 Å². The Kier molecular flexibility index (Phi) is 4.01. The first kappa shape index (κ1) is 15.4. The maximum Gasteiger partial charge on any atom is 0.227 e. The zero-order valence-electron chi connectivity index (χ0n) is 13.1. The molecular formula is C18H18FN3O. The van der Waals surface area contributed by atoms with Crippen molar-refractivity contribution in [2.75, 3.05) is 11.4 Å². The van der Waals surface area contributed by atoms with Crippen molar-refractivity contribution in [1.29, 1.82) is 0 Å². The third-order valence-electron chi connectivity index (χ3n) is 3.76. The predicted molar refractivity (Wildman–Crippen MR) is 86.2 cm³/mol. The number of nitrogens with zero attached hydrogens (tertiary/aromatic N) is 3. The van der Waals surface area contributed by atoms with Gasteiger partial charge in [-0.3, -0.25) is 0 Å². The Morgan fingerprint density at radius 2 is 1.91 bits per heavy atom. The van der Waals surface area contributed by atoms with Crippen LogP contribution in [0.15, 0.2) is 36.7 Å². The highest BCUT2D eigenvalue weighted by atomic mass is 19.1. The number of hydrogen-bond acceptors (Lipinski definition) is 4. The van der Waals surface area contributed by atoms with Gasteiger partial charge in [-0.15, -0.1) is 0 Å². The van der Waals surface area contributed by atoms with E-state index in [-0.39, 0.29) is 11.2 Å². The Hall–Kier alpha value is -2.45. The van der Waals surface area contributed by atoms with E-state index in [9.17, 15) is 9.50 Å². The van der Waals surface area contributed by atoms with Gasteiger partial charge in [-0.1, -0.05) is 31.8 Å². The van der Waals surface area contributed by atoms with Crippen LogP contribution in [0.2, 0.25) is 0 Å². The molecule has 1 fully saturated rings. The molecule has 0 spiro atoms. The fraction of sp³-hybridized carbons (Fsp3) is 0.333. The third-order valence-corrected chi connectivity index (χ3v) is 3.76. The van der Waals surface area contributed by atoms with E-state index in [1.807, 2.05) is 0 Å². The first-order chi connectivity index (χ1) is 10.9. The summed E-state index contributed by atoms with van der Waals surface area (Å²) in [6.07, 6.45) is 3.37. The number of halogens is 1. The number of aliphatic hydroxyl groups is 1. The molecule has 1 aromatic heterocycles. The van der Waals surface area contributed by atoms with Crippen molar-refractivity contribution in [2.45, 2.75) is 26.5 Å². The molecule has 2 aromatic rings. The van der Waals surface area contributed by atoms with Crippen LogP contribution in [0.1, 0.15) is 31.4 Å². The summed E-state index contributed by atoms with van der Waals surface area (Å²) < 4.78 is 13.1. The fourth-order valence-electron chi connectivity index (χ4n) is 2.68. The van der Waals surface area contributed by atoms with Crippen LogP contribution in [0.4, 0.5) is 10.3 Å². The highest BCUT2D eigenvalue weighted by molar-refractivity contribution is 5.43. The average Bonchev–Trinajstić information content (AvgIpc) is 2.79. The molecule has 4 nitrogen and oxygen atoms in total. The molecule has 1 saturated heterocycles. The summed E-state index contributed by atoms with van der Waals surface area (Å²) in [6.45, 7) is 4.92. The van der Waals surface area contributed by atoms with Crippen LogP contribution >= 0.6 is 0 Å². The van der Waals surface area contributed by atoms with E-state index in [4.69, 9.17) is 0 Å². The summed E-state index contributed by atoms with van der Waals surface area (Å²) in [5.74, 6) is 5.98. The zero-order chi connectivity index (χ0) is 16.4. The number of rotatable bonds is 1. The van der Waals surface area contributed by atoms with Gasteiger partial charge in [0.15, 0.2) is 0 Å². The highest BCUT2D eigenvalue weighted by Crippen LogP contribution is 2.34. The van der Waals surface area contributed by atoms with Crippen LogP contribution in [0, 0.1) is 23.1 Å². The SMILES string of the molecule is CC1(C)CC(O)N(c2ncc(C#Cc3cccc(F)c3)cn2)C1. The van der Waals surface area contributed by atoms with E-state index in [0.717, 1.165) is 0 Å². The smallest absolute Gasteiger partial charge is 0.227 e. The fourth-order valence-corrected chi connectivity index (χ4v) is 2.68. The Balaban J connectivity index is 1.76. The molecular weight excluding hydrogens is 293 g/mol. The van der Waals surface area contributed by atoms with Crippen molar-refractivity contribution in [3.8, 4) is 11.8 Å². The van der Waals surface area contributed by atoms with Gasteiger partial charge in [0.2, 0.25) is 5.95 Å². The normalized spacial score (nSPS) is 19.3. The lowest BCUT2D eigenvalue weighted by Crippen LogP contribution is -2.31. The first-order valence-corrected chi connectivity index (χ1v) is 7.47. The maximum absolute atomic E-state index is 13.1. The molecule has 3 rings (SSSR count). The Bertz CT molecular complexity index is 762. The van der Waals surface area contributed by atoms with E-state index in [1.54, 1.807) is 29.4 Å². The molecule has 0 bridgehead atoms. The third kappa shape index (κ3) is 3.66. The second-order valence-corrected chi connectivity index (χ2v) is 6.51. The van der Waals surface area contributed by atoms with Gasteiger partial charge in [-0.2, -0.15) is 0 Å². The standard InChI is InChI=1S/C18H18FN3O/c1-18(2)9-16(23)22(12-18)17-20-10-14(11-21-17)7-6-13-4-3-5-15(19)8-13/h3-5,8,10-11,16,23H,9,12H2,1-2H3. The summed E-state index contributed by atoms with van der Waals surface area (Å²) in [7, 11) is 0. The number of benzene rings is 1. The van der Waals surface area contributed by atoms with Crippen LogP contribution < -0.4 is 4.90 Å². The van der Waals surface area contributed by atoms with Gasteiger partial charge >= 0.3 is 0 Å². The monoisotopic (exact) mass is 311 g/mol. The molecule has 23 heavy (non-hydrogen) atoms. The molecule has 0 saturated carbocycles. The van der Waals surface area contributed by atoms with Crippen molar-refractivity contribution in [3.63, 3.8) is 0 Å². The summed E-state index contributed by atoms with van der Waals surface area (Å²) in [5, 5.41) is 10.1. The first-order valence-electron chi connectivity index (χ1n) is 7.47. The molecule has 118 valence electrons. The minimum Gasteiger partial charge on any atom is -0.373 e. The van der Waals surface area contributed by atoms with E-state index < -0.39 is 6.23 Å². The molecule has 1 atom stereocenters. The second-order valence-electron chi connectivity index (χ2n) is 6.51. The number of aliphatic hydroxyl groups excluding tert-OH is 1. The van der Waals surface area contributed by atoms with Gasteiger partial charge in [-0.25, -0.2) is 14.4 Å². The predicted octanol–water partition coefficient (Wildman–Crippen LogP) is 2.57. The van der Waals surface area contributed by atoms with Gasteiger partial charge in [0.1, 0.15) is 12.0 Å². The molecule has 2 heterocycles. The lowest BCUT2D eigenvalue weighted by molar-refractivity contribution is 0.168. The van der Waals surface area contributed by atoms with E-state index >= 15 is 0 Å². The van der Waals surface area contributed by atoms with E-state index in [0.29, 0.717) is 30.0 Å². The summed E-state index contributed by atoms with van der Waals surface area (Å²) >= 11 is 0. The molecule has 1 aliphatic rings. The quantitative estimate of drug-likeness (QED) is 0.822. The Morgan fingerprint density at radius 3 is 2.52 bits per heavy atom. The number of hydrogen-bond donors (Lipinski definition) is 1. The summed E-state index contributed by atoms with van der Waals surface area (Å²) in [4.78, 5) is 10.4. The van der Waals surface area contributed by atoms with Gasteiger partial charge in [0, 0.05) is 24.5 Å². The van der Waals surface area contributed by atoms with Gasteiger partial charge < -0.3 is 10.0 Å². The minimum atomic E-state index is -0.561. The Labute approximate surface area is 135 Å². The van der Waals surface area contributed by atoms with Crippen LogP contribution in [-0.4, -0.2) is 27.8 Å². The minimum absolute atomic E-state index is 0.0403. The van der Waals surface area contributed by atoms with E-state index in [1.165, 1.54) is 12.1 Å². The topological polar surface area (TPSA) is 49.2 Å². The lowest BCUT2D eigenvalue weighted by Gasteiger charge is -2.20. The highest BCUT2D eigenvalue weighted by Gasteiger charge is 2.37. The molecule has 0 radical (unpaired) electrons. The van der Waals surface area contributed by atoms with Crippen molar-refractivity contribution < 1.29 is 9.50 Å². The second kappa shape index (κ2) is 5.98. The largest absolute Gasteiger partial charge is 0.373 e. The average molecular weight is 311 g/mol. The Morgan fingerprint density at radius 1 is 1.22 bits per heavy atom. The van der Waals surface area contributed by atoms with Gasteiger partial charge in [0.05, 0.1) is 5.56 Å². The summed E-state index contributed by atoms with van der Waals surface area (Å²) in [6, 6.07) is 6.13. The van der Waals surface area contributed by atoms with Gasteiger partial charge in [-0.05, 0) is 30.0 Å². The van der Waals surface area contributed by atoms with Gasteiger partial charge in [0.25, 0.3) is 0 Å². The molecule has 1 aliphatic heterocycles. The van der Waals surface area contributed by atoms with Crippen molar-refractivity contribution >= 4 is 5.95 Å². The number of anilines is 1. The van der Waals surface area contributed by atoms with Crippen LogP contribution in [-0.2, 0) is 0 Å². The zero-order valence-corrected chi connectivity index (χ0v) is 13.1. The van der Waals surface area contributed by atoms with E-state index in [2.05, 4.69) is 35.7 Å². The van der Waals surface area contributed by atoms with Crippen molar-refractivity contribution in [2.24, 2.45) is 5.41 Å². The molecule has 0 aliphatic carbocycles. The maximum atomic E-state index is 13.1. The molecule has 1 unspecified atom stereocenters. The summed E-state index contributed by atoms with van der Waals surface area (Å²) in [5.41, 5.74) is 1.29.